The van der Waals surface area contributed by atoms with Crippen molar-refractivity contribution in [2.45, 2.75) is 46.3 Å². The number of ether oxygens (including phenoxy) is 1. The summed E-state index contributed by atoms with van der Waals surface area (Å²) < 4.78 is 11.1. The Kier molecular flexibility index (Phi) is 4.78. The molecule has 0 radical (unpaired) electrons. The largest absolute Gasteiger partial charge is 0.367 e. The molecule has 20 heavy (non-hydrogen) atoms. The summed E-state index contributed by atoms with van der Waals surface area (Å²) in [6.45, 7) is 11.9. The van der Waals surface area contributed by atoms with Gasteiger partial charge in [0.2, 0.25) is 11.7 Å². The van der Waals surface area contributed by atoms with Gasteiger partial charge in [0, 0.05) is 13.1 Å². The van der Waals surface area contributed by atoms with Gasteiger partial charge in [-0.25, -0.2) is 0 Å². The number of nitrogens with zero attached hydrogens (tertiary/aromatic N) is 3. The molecule has 0 bridgehead atoms. The second-order valence-corrected chi connectivity index (χ2v) is 6.49. The minimum atomic E-state index is -0.265. The van der Waals surface area contributed by atoms with Gasteiger partial charge in [-0.3, -0.25) is 4.90 Å². The topological polar surface area (TPSA) is 77.4 Å². The SMILES string of the molecule is CCCN1CCOC(c2noc([C@@H](N)C(C)(C)C)n2)C1. The van der Waals surface area contributed by atoms with Crippen LogP contribution in [0.15, 0.2) is 4.52 Å². The first-order valence-corrected chi connectivity index (χ1v) is 7.35. The highest BCUT2D eigenvalue weighted by Gasteiger charge is 2.30. The first-order valence-electron chi connectivity index (χ1n) is 7.35. The summed E-state index contributed by atoms with van der Waals surface area (Å²) in [7, 11) is 0. The molecule has 2 atom stereocenters. The molecule has 114 valence electrons. The minimum Gasteiger partial charge on any atom is -0.367 e. The highest BCUT2D eigenvalue weighted by atomic mass is 16.5. The fourth-order valence-electron chi connectivity index (χ4n) is 2.25. The number of aromatic nitrogens is 2. The monoisotopic (exact) mass is 282 g/mol. The first-order chi connectivity index (χ1) is 9.41. The van der Waals surface area contributed by atoms with Crippen molar-refractivity contribution in [3.63, 3.8) is 0 Å². The number of rotatable bonds is 4. The third kappa shape index (κ3) is 3.56. The second-order valence-electron chi connectivity index (χ2n) is 6.49. The number of hydrogen-bond acceptors (Lipinski definition) is 6. The number of hydrogen-bond donors (Lipinski definition) is 1. The van der Waals surface area contributed by atoms with E-state index in [1.165, 1.54) is 0 Å². The normalized spacial score (nSPS) is 22.9. The Morgan fingerprint density at radius 1 is 1.45 bits per heavy atom. The number of nitrogens with two attached hydrogens (primary N) is 1. The predicted molar refractivity (Wildman–Crippen MR) is 76.1 cm³/mol. The summed E-state index contributed by atoms with van der Waals surface area (Å²) in [4.78, 5) is 6.81. The molecule has 6 nitrogen and oxygen atoms in total. The lowest BCUT2D eigenvalue weighted by molar-refractivity contribution is -0.0350. The molecule has 0 aromatic carbocycles. The van der Waals surface area contributed by atoms with E-state index in [-0.39, 0.29) is 17.6 Å². The summed E-state index contributed by atoms with van der Waals surface area (Å²) in [5, 5.41) is 4.05. The Labute approximate surface area is 120 Å². The lowest BCUT2D eigenvalue weighted by Gasteiger charge is -2.31. The lowest BCUT2D eigenvalue weighted by atomic mass is 9.87. The van der Waals surface area contributed by atoms with Crippen LogP contribution in [0.3, 0.4) is 0 Å². The molecule has 0 saturated carbocycles. The predicted octanol–water partition coefficient (Wildman–Crippen LogP) is 1.90. The van der Waals surface area contributed by atoms with Crippen LogP contribution < -0.4 is 5.73 Å². The highest BCUT2D eigenvalue weighted by molar-refractivity contribution is 5.00. The first kappa shape index (κ1) is 15.4. The maximum absolute atomic E-state index is 6.14. The van der Waals surface area contributed by atoms with Crippen molar-refractivity contribution >= 4 is 0 Å². The van der Waals surface area contributed by atoms with Crippen molar-refractivity contribution in [3.05, 3.63) is 11.7 Å². The molecule has 0 aliphatic carbocycles. The zero-order chi connectivity index (χ0) is 14.8. The summed E-state index contributed by atoms with van der Waals surface area (Å²) in [6.07, 6.45) is 1.03. The van der Waals surface area contributed by atoms with E-state index in [0.717, 1.165) is 26.1 Å². The summed E-state index contributed by atoms with van der Waals surface area (Å²) in [5.41, 5.74) is 6.04. The van der Waals surface area contributed by atoms with E-state index in [9.17, 15) is 0 Å². The van der Waals surface area contributed by atoms with Crippen molar-refractivity contribution in [2.24, 2.45) is 11.1 Å². The molecule has 1 aromatic heterocycles. The van der Waals surface area contributed by atoms with Crippen molar-refractivity contribution in [1.29, 1.82) is 0 Å². The van der Waals surface area contributed by atoms with E-state index in [1.807, 2.05) is 0 Å². The van der Waals surface area contributed by atoms with Gasteiger partial charge in [-0.1, -0.05) is 32.9 Å². The van der Waals surface area contributed by atoms with Crippen molar-refractivity contribution in [2.75, 3.05) is 26.2 Å². The molecule has 1 aromatic rings. The average molecular weight is 282 g/mol. The van der Waals surface area contributed by atoms with Crippen molar-refractivity contribution in [3.8, 4) is 0 Å². The van der Waals surface area contributed by atoms with Crippen molar-refractivity contribution < 1.29 is 9.26 Å². The quantitative estimate of drug-likeness (QED) is 0.908. The molecule has 6 heteroatoms. The van der Waals surface area contributed by atoms with Gasteiger partial charge in [0.15, 0.2) is 0 Å². The van der Waals surface area contributed by atoms with Gasteiger partial charge < -0.3 is 15.0 Å². The van der Waals surface area contributed by atoms with E-state index in [2.05, 4.69) is 42.7 Å². The minimum absolute atomic E-state index is 0.106. The van der Waals surface area contributed by atoms with Gasteiger partial charge in [-0.2, -0.15) is 4.98 Å². The molecule has 1 fully saturated rings. The van der Waals surface area contributed by atoms with Crippen LogP contribution in [-0.2, 0) is 4.74 Å². The summed E-state index contributed by atoms with van der Waals surface area (Å²) in [6, 6.07) is -0.265. The molecular weight excluding hydrogens is 256 g/mol. The fraction of sp³-hybridized carbons (Fsp3) is 0.857. The molecule has 2 N–H and O–H groups in total. The summed E-state index contributed by atoms with van der Waals surface area (Å²) in [5.74, 6) is 1.10. The van der Waals surface area contributed by atoms with Crippen LogP contribution in [0, 0.1) is 5.41 Å². The van der Waals surface area contributed by atoms with Crippen LogP contribution in [-0.4, -0.2) is 41.3 Å². The van der Waals surface area contributed by atoms with Gasteiger partial charge >= 0.3 is 0 Å². The highest BCUT2D eigenvalue weighted by Crippen LogP contribution is 2.30. The Balaban J connectivity index is 2.05. The molecule has 1 aliphatic heterocycles. The lowest BCUT2D eigenvalue weighted by Crippen LogP contribution is -2.39. The third-order valence-electron chi connectivity index (χ3n) is 3.63. The smallest absolute Gasteiger partial charge is 0.244 e. The molecule has 1 unspecified atom stereocenters. The van der Waals surface area contributed by atoms with Crippen molar-refractivity contribution in [1.82, 2.24) is 15.0 Å². The standard InChI is InChI=1S/C14H26N4O2/c1-5-6-18-7-8-19-10(9-18)12-16-13(20-17-12)11(15)14(2,3)4/h10-11H,5-9,15H2,1-4H3/t10?,11-/m1/s1. The van der Waals surface area contributed by atoms with Gasteiger partial charge in [-0.15, -0.1) is 0 Å². The van der Waals surface area contributed by atoms with E-state index >= 15 is 0 Å². The van der Waals surface area contributed by atoms with Crippen LogP contribution in [0.1, 0.15) is 58.0 Å². The Morgan fingerprint density at radius 3 is 2.85 bits per heavy atom. The van der Waals surface area contributed by atoms with Gasteiger partial charge in [0.1, 0.15) is 6.10 Å². The maximum atomic E-state index is 6.14. The van der Waals surface area contributed by atoms with Crippen LogP contribution in [0.2, 0.25) is 0 Å². The third-order valence-corrected chi connectivity index (χ3v) is 3.63. The van der Waals surface area contributed by atoms with Crippen LogP contribution in [0.5, 0.6) is 0 Å². The Bertz CT molecular complexity index is 425. The van der Waals surface area contributed by atoms with E-state index < -0.39 is 0 Å². The van der Waals surface area contributed by atoms with Crippen LogP contribution >= 0.6 is 0 Å². The molecule has 2 heterocycles. The number of morpholine rings is 1. The molecule has 1 saturated heterocycles. The molecular formula is C14H26N4O2. The molecule has 0 spiro atoms. The maximum Gasteiger partial charge on any atom is 0.244 e. The van der Waals surface area contributed by atoms with Crippen LogP contribution in [0.25, 0.3) is 0 Å². The van der Waals surface area contributed by atoms with E-state index in [0.29, 0.717) is 18.3 Å². The van der Waals surface area contributed by atoms with Crippen LogP contribution in [0.4, 0.5) is 0 Å². The summed E-state index contributed by atoms with van der Waals surface area (Å²) >= 11 is 0. The Morgan fingerprint density at radius 2 is 2.20 bits per heavy atom. The van der Waals surface area contributed by atoms with Gasteiger partial charge in [0.05, 0.1) is 12.6 Å². The molecule has 2 rings (SSSR count). The van der Waals surface area contributed by atoms with Gasteiger partial charge in [0.25, 0.3) is 0 Å². The van der Waals surface area contributed by atoms with E-state index in [4.69, 9.17) is 15.0 Å². The molecule has 1 aliphatic rings. The second kappa shape index (κ2) is 6.20. The fourth-order valence-corrected chi connectivity index (χ4v) is 2.25. The zero-order valence-corrected chi connectivity index (χ0v) is 12.9. The van der Waals surface area contributed by atoms with Gasteiger partial charge in [-0.05, 0) is 18.4 Å². The average Bonchev–Trinajstić information content (AvgIpc) is 2.87. The Hall–Kier alpha value is -0.980. The molecule has 0 amide bonds. The van der Waals surface area contributed by atoms with E-state index in [1.54, 1.807) is 0 Å². The zero-order valence-electron chi connectivity index (χ0n) is 12.9.